The van der Waals surface area contributed by atoms with Crippen LogP contribution in [0.2, 0.25) is 0 Å². The summed E-state index contributed by atoms with van der Waals surface area (Å²) in [5, 5.41) is 17.3. The van der Waals surface area contributed by atoms with Gasteiger partial charge in [-0.25, -0.2) is 0 Å². The van der Waals surface area contributed by atoms with Crippen molar-refractivity contribution in [1.82, 2.24) is 5.32 Å². The number of benzene rings is 1. The quantitative estimate of drug-likeness (QED) is 0.590. The van der Waals surface area contributed by atoms with Crippen molar-refractivity contribution in [1.29, 1.82) is 0 Å². The summed E-state index contributed by atoms with van der Waals surface area (Å²) >= 11 is 0. The Morgan fingerprint density at radius 1 is 1.04 bits per heavy atom. The molecule has 0 saturated heterocycles. The Morgan fingerprint density at radius 2 is 1.68 bits per heavy atom. The molecule has 8 heteroatoms. The van der Waals surface area contributed by atoms with Crippen LogP contribution in [-0.4, -0.2) is 29.4 Å². The van der Waals surface area contributed by atoms with E-state index < -0.39 is 17.9 Å². The maximum absolute atomic E-state index is 11.8. The number of furan rings is 1. The topological polar surface area (TPSA) is 121 Å². The lowest BCUT2D eigenvalue weighted by atomic mass is 10.2. The van der Waals surface area contributed by atoms with Crippen LogP contribution in [0.4, 0.5) is 11.4 Å². The summed E-state index contributed by atoms with van der Waals surface area (Å²) in [5.74, 6) is -1.43. The van der Waals surface area contributed by atoms with Gasteiger partial charge in [0.2, 0.25) is 5.91 Å². The fraction of sp³-hybridized carbons (Fsp3) is 0.235. The molecule has 0 fully saturated rings. The number of hydrogen-bond donors (Lipinski definition) is 4. The predicted molar refractivity (Wildman–Crippen MR) is 90.7 cm³/mol. The molecule has 1 atom stereocenters. The van der Waals surface area contributed by atoms with Gasteiger partial charge >= 0.3 is 11.8 Å². The van der Waals surface area contributed by atoms with Crippen LogP contribution < -0.4 is 16.0 Å². The molecule has 25 heavy (non-hydrogen) atoms. The van der Waals surface area contributed by atoms with Crippen molar-refractivity contribution in [3.05, 3.63) is 48.4 Å². The van der Waals surface area contributed by atoms with E-state index >= 15 is 0 Å². The Labute approximate surface area is 144 Å². The first-order valence-electron chi connectivity index (χ1n) is 7.64. The Balaban J connectivity index is 1.76. The third-order valence-corrected chi connectivity index (χ3v) is 3.24. The van der Waals surface area contributed by atoms with Gasteiger partial charge in [0.05, 0.1) is 6.26 Å². The molecular formula is C17H19N3O5. The van der Waals surface area contributed by atoms with Crippen LogP contribution in [0, 0.1) is 0 Å². The lowest BCUT2D eigenvalue weighted by Gasteiger charge is -2.09. The first kappa shape index (κ1) is 18.2. The number of carbonyl (C=O) groups is 3. The minimum absolute atomic E-state index is 0.121. The molecule has 0 aliphatic rings. The van der Waals surface area contributed by atoms with Gasteiger partial charge in [-0.15, -0.1) is 0 Å². The lowest BCUT2D eigenvalue weighted by molar-refractivity contribution is -0.136. The highest BCUT2D eigenvalue weighted by atomic mass is 16.4. The second-order valence-corrected chi connectivity index (χ2v) is 5.29. The molecule has 0 radical (unpaired) electrons. The van der Waals surface area contributed by atoms with Gasteiger partial charge in [0, 0.05) is 24.8 Å². The van der Waals surface area contributed by atoms with Crippen LogP contribution in [0.3, 0.4) is 0 Å². The van der Waals surface area contributed by atoms with Crippen molar-refractivity contribution in [3.63, 3.8) is 0 Å². The molecule has 1 unspecified atom stereocenters. The highest BCUT2D eigenvalue weighted by Crippen LogP contribution is 2.16. The van der Waals surface area contributed by atoms with Crippen molar-refractivity contribution in [2.24, 2.45) is 0 Å². The predicted octanol–water partition coefficient (Wildman–Crippen LogP) is 1.42. The second kappa shape index (κ2) is 8.65. The van der Waals surface area contributed by atoms with Gasteiger partial charge in [-0.1, -0.05) is 0 Å². The summed E-state index contributed by atoms with van der Waals surface area (Å²) in [7, 11) is 0. The van der Waals surface area contributed by atoms with E-state index in [1.54, 1.807) is 36.4 Å². The van der Waals surface area contributed by atoms with Crippen LogP contribution in [0.15, 0.2) is 47.1 Å². The van der Waals surface area contributed by atoms with E-state index in [0.717, 1.165) is 0 Å². The monoisotopic (exact) mass is 345 g/mol. The molecule has 8 nitrogen and oxygen atoms in total. The smallest absolute Gasteiger partial charge is 0.313 e. The van der Waals surface area contributed by atoms with Crippen LogP contribution >= 0.6 is 0 Å². The zero-order chi connectivity index (χ0) is 18.2. The first-order chi connectivity index (χ1) is 12.0. The number of amides is 3. The molecule has 0 saturated carbocycles. The van der Waals surface area contributed by atoms with E-state index in [-0.39, 0.29) is 18.9 Å². The Bertz CT molecular complexity index is 725. The third kappa shape index (κ3) is 5.78. The lowest BCUT2D eigenvalue weighted by Crippen LogP contribution is -2.36. The number of hydrogen-bond acceptors (Lipinski definition) is 5. The molecule has 0 aliphatic heterocycles. The summed E-state index contributed by atoms with van der Waals surface area (Å²) in [6.07, 6.45) is 0.819. The summed E-state index contributed by atoms with van der Waals surface area (Å²) in [5.41, 5.74) is 1.01. The number of anilines is 2. The number of nitrogens with one attached hydrogen (secondary N) is 3. The molecule has 3 amide bonds. The van der Waals surface area contributed by atoms with Gasteiger partial charge in [-0.05, 0) is 42.8 Å². The molecule has 1 heterocycles. The fourth-order valence-electron chi connectivity index (χ4n) is 2.05. The average molecular weight is 345 g/mol. The van der Waals surface area contributed by atoms with E-state index in [1.807, 2.05) is 0 Å². The van der Waals surface area contributed by atoms with Crippen molar-refractivity contribution < 1.29 is 23.9 Å². The van der Waals surface area contributed by atoms with Crippen LogP contribution in [0.5, 0.6) is 0 Å². The van der Waals surface area contributed by atoms with Crippen molar-refractivity contribution in [2.75, 3.05) is 17.2 Å². The van der Waals surface area contributed by atoms with E-state index in [0.29, 0.717) is 17.1 Å². The molecule has 1 aromatic heterocycles. The van der Waals surface area contributed by atoms with Crippen LogP contribution in [0.1, 0.15) is 25.2 Å². The number of carbonyl (C=O) groups excluding carboxylic acids is 3. The third-order valence-electron chi connectivity index (χ3n) is 3.24. The Morgan fingerprint density at radius 3 is 2.24 bits per heavy atom. The summed E-state index contributed by atoms with van der Waals surface area (Å²) in [6, 6.07) is 9.63. The van der Waals surface area contributed by atoms with Gasteiger partial charge in [0.25, 0.3) is 0 Å². The maximum Gasteiger partial charge on any atom is 0.313 e. The normalized spacial score (nSPS) is 11.4. The fourth-order valence-corrected chi connectivity index (χ4v) is 2.05. The van der Waals surface area contributed by atoms with Crippen LogP contribution in [-0.2, 0) is 14.4 Å². The van der Waals surface area contributed by atoms with Crippen LogP contribution in [0.25, 0.3) is 0 Å². The van der Waals surface area contributed by atoms with E-state index in [2.05, 4.69) is 16.0 Å². The van der Waals surface area contributed by atoms with E-state index in [1.165, 1.54) is 13.2 Å². The van der Waals surface area contributed by atoms with Crippen molar-refractivity contribution in [2.45, 2.75) is 19.4 Å². The first-order valence-corrected chi connectivity index (χ1v) is 7.64. The Kier molecular flexibility index (Phi) is 6.30. The molecule has 0 spiro atoms. The van der Waals surface area contributed by atoms with Gasteiger partial charge in [-0.2, -0.15) is 0 Å². The summed E-state index contributed by atoms with van der Waals surface area (Å²) in [6.45, 7) is 1.51. The minimum atomic E-state index is -0.848. The van der Waals surface area contributed by atoms with E-state index in [4.69, 9.17) is 4.42 Å². The zero-order valence-electron chi connectivity index (χ0n) is 13.6. The van der Waals surface area contributed by atoms with Gasteiger partial charge < -0.3 is 25.5 Å². The minimum Gasteiger partial charge on any atom is -0.467 e. The number of aliphatic hydroxyl groups is 1. The molecule has 4 N–H and O–H groups in total. The van der Waals surface area contributed by atoms with Crippen molar-refractivity contribution in [3.8, 4) is 0 Å². The molecule has 0 bridgehead atoms. The van der Waals surface area contributed by atoms with Gasteiger partial charge in [-0.3, -0.25) is 14.4 Å². The molecule has 0 aliphatic carbocycles. The molecule has 132 valence electrons. The molecule has 2 rings (SSSR count). The number of rotatable bonds is 6. The molecular weight excluding hydrogens is 326 g/mol. The molecule has 1 aromatic carbocycles. The highest BCUT2D eigenvalue weighted by Gasteiger charge is 2.15. The maximum atomic E-state index is 11.8. The number of aliphatic hydroxyl groups excluding tert-OH is 1. The second-order valence-electron chi connectivity index (χ2n) is 5.29. The summed E-state index contributed by atoms with van der Waals surface area (Å²) < 4.78 is 5.04. The molecule has 2 aromatic rings. The van der Waals surface area contributed by atoms with Gasteiger partial charge in [0.15, 0.2) is 0 Å². The standard InChI is InChI=1S/C17H19N3O5/c1-11(21)19-12-4-6-13(7-5-12)20-17(24)16(23)18-9-8-14(22)15-3-2-10-25-15/h2-7,10,14,22H,8-9H2,1H3,(H,18,23)(H,19,21)(H,20,24). The zero-order valence-corrected chi connectivity index (χ0v) is 13.6. The van der Waals surface area contributed by atoms with E-state index in [9.17, 15) is 19.5 Å². The summed E-state index contributed by atoms with van der Waals surface area (Å²) in [4.78, 5) is 34.5. The Hall–Kier alpha value is -3.13. The highest BCUT2D eigenvalue weighted by molar-refractivity contribution is 6.39. The largest absolute Gasteiger partial charge is 0.467 e. The van der Waals surface area contributed by atoms with Gasteiger partial charge in [0.1, 0.15) is 11.9 Å². The van der Waals surface area contributed by atoms with Crippen molar-refractivity contribution >= 4 is 29.1 Å². The SMILES string of the molecule is CC(=O)Nc1ccc(NC(=O)C(=O)NCCC(O)c2ccco2)cc1. The average Bonchev–Trinajstić information content (AvgIpc) is 3.10.